The van der Waals surface area contributed by atoms with Crippen LogP contribution in [-0.4, -0.2) is 30.6 Å². The molecule has 0 saturated heterocycles. The molecule has 0 aliphatic rings. The van der Waals surface area contributed by atoms with E-state index in [1.54, 1.807) is 0 Å². The Labute approximate surface area is 119 Å². The van der Waals surface area contributed by atoms with Crippen molar-refractivity contribution in [1.29, 1.82) is 0 Å². The maximum absolute atomic E-state index is 12.2. The number of pyridine rings is 1. The van der Waals surface area contributed by atoms with Crippen molar-refractivity contribution >= 4 is 27.2 Å². The first-order chi connectivity index (χ1) is 9.01. The maximum Gasteiger partial charge on any atom is 0.390 e. The number of nitrogens with zero attached hydrogens (tertiary/aromatic N) is 1. The van der Waals surface area contributed by atoms with Gasteiger partial charge in [0.25, 0.3) is 0 Å². The molecular weight excluding hydrogens is 315 g/mol. The third kappa shape index (κ3) is 5.02. The fourth-order valence-electron chi connectivity index (χ4n) is 1.41. The lowest BCUT2D eigenvalue weighted by atomic mass is 10.2. The molecule has 20 heavy (non-hydrogen) atoms. The standard InChI is InChI=1S/C10H12F3N3O2S2/c1-6(4-10(11,12)13)16-20(17,18)7-2-3-8(9(14)19)15-5-7/h2-3,5-6,16H,4H2,1H3,(H2,14,19). The predicted octanol–water partition coefficient (Wildman–Crippen LogP) is 1.34. The molecule has 5 nitrogen and oxygen atoms in total. The summed E-state index contributed by atoms with van der Waals surface area (Å²) in [4.78, 5) is 3.45. The summed E-state index contributed by atoms with van der Waals surface area (Å²) in [6.07, 6.45) is -4.72. The van der Waals surface area contributed by atoms with Gasteiger partial charge in [0.05, 0.1) is 12.1 Å². The fourth-order valence-corrected chi connectivity index (χ4v) is 2.72. The Morgan fingerprint density at radius 1 is 1.50 bits per heavy atom. The van der Waals surface area contributed by atoms with Crippen molar-refractivity contribution in [2.75, 3.05) is 0 Å². The summed E-state index contributed by atoms with van der Waals surface area (Å²) in [7, 11) is -4.07. The summed E-state index contributed by atoms with van der Waals surface area (Å²) in [6, 6.07) is 1.17. The third-order valence-electron chi connectivity index (χ3n) is 2.19. The second kappa shape index (κ2) is 6.02. The zero-order chi connectivity index (χ0) is 15.6. The van der Waals surface area contributed by atoms with Crippen LogP contribution < -0.4 is 10.5 Å². The van der Waals surface area contributed by atoms with Crippen LogP contribution in [0.15, 0.2) is 23.2 Å². The Balaban J connectivity index is 2.86. The van der Waals surface area contributed by atoms with E-state index >= 15 is 0 Å². The molecule has 0 radical (unpaired) electrons. The second-order valence-corrected chi connectivity index (χ2v) is 6.24. The first-order valence-electron chi connectivity index (χ1n) is 5.36. The van der Waals surface area contributed by atoms with Gasteiger partial charge in [-0.15, -0.1) is 0 Å². The average molecular weight is 327 g/mol. The van der Waals surface area contributed by atoms with Crippen molar-refractivity contribution in [3.63, 3.8) is 0 Å². The topological polar surface area (TPSA) is 85.1 Å². The van der Waals surface area contributed by atoms with Crippen LogP contribution in [0.2, 0.25) is 0 Å². The monoisotopic (exact) mass is 327 g/mol. The second-order valence-electron chi connectivity index (χ2n) is 4.09. The molecule has 0 saturated carbocycles. The van der Waals surface area contributed by atoms with Crippen LogP contribution >= 0.6 is 12.2 Å². The number of sulfonamides is 1. The van der Waals surface area contributed by atoms with E-state index < -0.39 is 28.7 Å². The van der Waals surface area contributed by atoms with Gasteiger partial charge >= 0.3 is 6.18 Å². The molecule has 0 bridgehead atoms. The third-order valence-corrected chi connectivity index (χ3v) is 3.98. The molecule has 0 fully saturated rings. The number of halogens is 3. The van der Waals surface area contributed by atoms with Crippen molar-refractivity contribution in [2.45, 2.75) is 30.5 Å². The van der Waals surface area contributed by atoms with Crippen LogP contribution in [0, 0.1) is 0 Å². The van der Waals surface area contributed by atoms with Crippen LogP contribution in [0.25, 0.3) is 0 Å². The Bertz CT molecular complexity index is 585. The highest BCUT2D eigenvalue weighted by atomic mass is 32.2. The van der Waals surface area contributed by atoms with E-state index in [-0.39, 0.29) is 15.6 Å². The van der Waals surface area contributed by atoms with Gasteiger partial charge in [-0.25, -0.2) is 13.1 Å². The van der Waals surface area contributed by atoms with E-state index in [9.17, 15) is 21.6 Å². The SMILES string of the molecule is CC(CC(F)(F)F)NS(=O)(=O)c1ccc(C(N)=S)nc1. The van der Waals surface area contributed by atoms with E-state index in [2.05, 4.69) is 17.2 Å². The largest absolute Gasteiger partial charge is 0.390 e. The summed E-state index contributed by atoms with van der Waals surface area (Å²) in [5.74, 6) is 0. The van der Waals surface area contributed by atoms with E-state index in [1.807, 2.05) is 4.72 Å². The predicted molar refractivity (Wildman–Crippen MR) is 70.6 cm³/mol. The van der Waals surface area contributed by atoms with Gasteiger partial charge in [-0.1, -0.05) is 12.2 Å². The summed E-state index contributed by atoms with van der Waals surface area (Å²) in [5, 5.41) is 0. The molecular formula is C10H12F3N3O2S2. The van der Waals surface area contributed by atoms with Gasteiger partial charge < -0.3 is 5.73 Å². The lowest BCUT2D eigenvalue weighted by molar-refractivity contribution is -0.137. The van der Waals surface area contributed by atoms with Crippen LogP contribution in [0.5, 0.6) is 0 Å². The quantitative estimate of drug-likeness (QED) is 0.797. The Hall–Kier alpha value is -1.26. The maximum atomic E-state index is 12.2. The number of rotatable bonds is 5. The summed E-state index contributed by atoms with van der Waals surface area (Å²) in [5.41, 5.74) is 5.53. The van der Waals surface area contributed by atoms with E-state index in [0.29, 0.717) is 0 Å². The molecule has 1 aromatic rings. The molecule has 0 spiro atoms. The summed E-state index contributed by atoms with van der Waals surface area (Å²) in [6.45, 7) is 1.13. The van der Waals surface area contributed by atoms with Crippen molar-refractivity contribution in [2.24, 2.45) is 5.73 Å². The number of hydrogen-bond acceptors (Lipinski definition) is 4. The first-order valence-corrected chi connectivity index (χ1v) is 7.25. The van der Waals surface area contributed by atoms with Gasteiger partial charge in [0.15, 0.2) is 0 Å². The zero-order valence-corrected chi connectivity index (χ0v) is 11.9. The highest BCUT2D eigenvalue weighted by Crippen LogP contribution is 2.22. The van der Waals surface area contributed by atoms with E-state index in [1.165, 1.54) is 12.1 Å². The number of aromatic nitrogens is 1. The Morgan fingerprint density at radius 3 is 2.50 bits per heavy atom. The Kier molecular flexibility index (Phi) is 5.05. The first kappa shape index (κ1) is 16.8. The van der Waals surface area contributed by atoms with Gasteiger partial charge in [-0.2, -0.15) is 13.2 Å². The van der Waals surface area contributed by atoms with Crippen LogP contribution in [0.3, 0.4) is 0 Å². The lowest BCUT2D eigenvalue weighted by Gasteiger charge is -2.15. The zero-order valence-electron chi connectivity index (χ0n) is 10.3. The van der Waals surface area contributed by atoms with Gasteiger partial charge in [0, 0.05) is 12.2 Å². The minimum atomic E-state index is -4.45. The van der Waals surface area contributed by atoms with Crippen molar-refractivity contribution in [3.8, 4) is 0 Å². The lowest BCUT2D eigenvalue weighted by Crippen LogP contribution is -2.36. The van der Waals surface area contributed by atoms with Crippen molar-refractivity contribution in [1.82, 2.24) is 9.71 Å². The van der Waals surface area contributed by atoms with Crippen molar-refractivity contribution < 1.29 is 21.6 Å². The summed E-state index contributed by atoms with van der Waals surface area (Å²) >= 11 is 4.65. The highest BCUT2D eigenvalue weighted by Gasteiger charge is 2.32. The van der Waals surface area contributed by atoms with Gasteiger partial charge in [0.2, 0.25) is 10.0 Å². The van der Waals surface area contributed by atoms with Crippen LogP contribution in [0.1, 0.15) is 19.0 Å². The molecule has 1 atom stereocenters. The number of nitrogens with one attached hydrogen (secondary N) is 1. The molecule has 0 amide bonds. The van der Waals surface area contributed by atoms with Crippen LogP contribution in [0.4, 0.5) is 13.2 Å². The molecule has 1 aromatic heterocycles. The molecule has 0 aliphatic heterocycles. The van der Waals surface area contributed by atoms with Gasteiger partial charge in [-0.05, 0) is 19.1 Å². The Morgan fingerprint density at radius 2 is 2.10 bits per heavy atom. The smallest absolute Gasteiger partial charge is 0.388 e. The van der Waals surface area contributed by atoms with E-state index in [0.717, 1.165) is 13.1 Å². The van der Waals surface area contributed by atoms with Crippen molar-refractivity contribution in [3.05, 3.63) is 24.0 Å². The minimum absolute atomic E-state index is 0.00709. The number of hydrogen-bond donors (Lipinski definition) is 2. The van der Waals surface area contributed by atoms with Crippen LogP contribution in [-0.2, 0) is 10.0 Å². The molecule has 1 rings (SSSR count). The van der Waals surface area contributed by atoms with Gasteiger partial charge in [0.1, 0.15) is 9.88 Å². The molecule has 3 N–H and O–H groups in total. The average Bonchev–Trinajstić information content (AvgIpc) is 2.25. The molecule has 1 unspecified atom stereocenters. The van der Waals surface area contributed by atoms with E-state index in [4.69, 9.17) is 5.73 Å². The molecule has 112 valence electrons. The fraction of sp³-hybridized carbons (Fsp3) is 0.400. The number of alkyl halides is 3. The number of thiocarbonyl (C=S) groups is 1. The highest BCUT2D eigenvalue weighted by molar-refractivity contribution is 7.89. The summed E-state index contributed by atoms with van der Waals surface area (Å²) < 4.78 is 62.0. The molecule has 1 heterocycles. The minimum Gasteiger partial charge on any atom is -0.388 e. The normalized spacial score (nSPS) is 14.0. The molecule has 10 heteroatoms. The molecule has 0 aromatic carbocycles. The number of nitrogens with two attached hydrogens (primary N) is 1. The molecule has 0 aliphatic carbocycles. The van der Waals surface area contributed by atoms with Gasteiger partial charge in [-0.3, -0.25) is 4.98 Å².